The molecule has 0 amide bonds. The van der Waals surface area contributed by atoms with Crippen LogP contribution < -0.4 is 0 Å². The molecule has 0 radical (unpaired) electrons. The largest absolute Gasteiger partial charge is 0.507 e. The lowest BCUT2D eigenvalue weighted by atomic mass is 9.75. The van der Waals surface area contributed by atoms with Gasteiger partial charge in [0.1, 0.15) is 12.4 Å². The maximum absolute atomic E-state index is 12.3. The van der Waals surface area contributed by atoms with E-state index in [-0.39, 0.29) is 22.5 Å². The van der Waals surface area contributed by atoms with Crippen molar-refractivity contribution < 1.29 is 24.5 Å². The summed E-state index contributed by atoms with van der Waals surface area (Å²) in [7, 11) is 0. The average molecular weight is 621 g/mol. The number of thioether (sulfide) groups is 1. The van der Waals surface area contributed by atoms with Crippen molar-refractivity contribution in [1.29, 1.82) is 0 Å². The summed E-state index contributed by atoms with van der Waals surface area (Å²) in [6.07, 6.45) is 19.9. The summed E-state index contributed by atoms with van der Waals surface area (Å²) in [5, 5.41) is 21.2. The zero-order valence-electron chi connectivity index (χ0n) is 28.9. The number of carboxylic acid groups (broad SMARTS) is 1. The third-order valence-electron chi connectivity index (χ3n) is 8.23. The van der Waals surface area contributed by atoms with Gasteiger partial charge in [-0.05, 0) is 35.8 Å². The highest BCUT2D eigenvalue weighted by atomic mass is 32.2. The molecule has 248 valence electrons. The number of hydrogen-bond acceptors (Lipinski definition) is 5. The van der Waals surface area contributed by atoms with Gasteiger partial charge in [0.05, 0.1) is 5.56 Å². The Hall–Kier alpha value is -1.69. The molecule has 0 bridgehead atoms. The van der Waals surface area contributed by atoms with Crippen molar-refractivity contribution >= 4 is 23.7 Å². The van der Waals surface area contributed by atoms with Gasteiger partial charge in [0.25, 0.3) is 0 Å². The number of carbonyl (C=O) groups excluding carboxylic acids is 1. The van der Waals surface area contributed by atoms with Gasteiger partial charge in [-0.3, -0.25) is 4.79 Å². The Morgan fingerprint density at radius 3 is 1.67 bits per heavy atom. The summed E-state index contributed by atoms with van der Waals surface area (Å²) in [6.45, 7) is 16.5. The fourth-order valence-electron chi connectivity index (χ4n) is 5.79. The highest BCUT2D eigenvalue weighted by Gasteiger charge is 2.34. The molecule has 1 atom stereocenters. The lowest BCUT2D eigenvalue weighted by Crippen LogP contribution is -2.23. The summed E-state index contributed by atoms with van der Waals surface area (Å²) in [5.41, 5.74) is 1.37. The van der Waals surface area contributed by atoms with E-state index < -0.39 is 16.8 Å². The molecule has 1 aromatic rings. The second kappa shape index (κ2) is 20.4. The lowest BCUT2D eigenvalue weighted by molar-refractivity contribution is -0.143. The van der Waals surface area contributed by atoms with Crippen LogP contribution in [0, 0.1) is 0 Å². The quantitative estimate of drug-likeness (QED) is 0.0991. The van der Waals surface area contributed by atoms with Crippen molar-refractivity contribution in [3.8, 4) is 5.75 Å². The first kappa shape index (κ1) is 39.3. The molecule has 0 fully saturated rings. The van der Waals surface area contributed by atoms with Crippen LogP contribution in [0.2, 0.25) is 0 Å². The smallest absolute Gasteiger partial charge is 0.336 e. The Kier molecular flexibility index (Phi) is 18.6. The zero-order chi connectivity index (χ0) is 32.5. The van der Waals surface area contributed by atoms with E-state index >= 15 is 0 Å². The number of phenolic OH excluding ortho intramolecular Hbond substituents is 1. The Morgan fingerprint density at radius 2 is 1.26 bits per heavy atom. The highest BCUT2D eigenvalue weighted by Crippen LogP contribution is 2.47. The van der Waals surface area contributed by atoms with Crippen LogP contribution in [0.15, 0.2) is 6.07 Å². The Labute approximate surface area is 268 Å². The number of phenols is 1. The molecular weight excluding hydrogens is 556 g/mol. The molecule has 0 heterocycles. The van der Waals surface area contributed by atoms with Gasteiger partial charge >= 0.3 is 11.9 Å². The number of ether oxygens (including phenoxy) is 1. The zero-order valence-corrected chi connectivity index (χ0v) is 29.7. The molecule has 0 aliphatic rings. The first-order valence-corrected chi connectivity index (χ1v) is 18.2. The number of carboxylic acids is 1. The van der Waals surface area contributed by atoms with E-state index in [1.807, 2.05) is 48.5 Å². The fourth-order valence-corrected chi connectivity index (χ4v) is 6.74. The second-order valence-electron chi connectivity index (χ2n) is 14.3. The van der Waals surface area contributed by atoms with Gasteiger partial charge in [0.2, 0.25) is 0 Å². The molecule has 2 N–H and O–H groups in total. The van der Waals surface area contributed by atoms with Crippen LogP contribution in [-0.4, -0.2) is 34.5 Å². The maximum Gasteiger partial charge on any atom is 0.336 e. The van der Waals surface area contributed by atoms with Gasteiger partial charge in [-0.25, -0.2) is 4.79 Å². The molecule has 5 nitrogen and oxygen atoms in total. The normalized spacial score (nSPS) is 12.8. The number of esters is 1. The van der Waals surface area contributed by atoms with Gasteiger partial charge in [-0.1, -0.05) is 138 Å². The molecule has 0 saturated heterocycles. The van der Waals surface area contributed by atoms with Crippen molar-refractivity contribution in [3.05, 3.63) is 28.3 Å². The minimum Gasteiger partial charge on any atom is -0.507 e. The monoisotopic (exact) mass is 620 g/mol. The summed E-state index contributed by atoms with van der Waals surface area (Å²) in [4.78, 5) is 24.6. The van der Waals surface area contributed by atoms with Crippen LogP contribution in [0.4, 0.5) is 0 Å². The van der Waals surface area contributed by atoms with Gasteiger partial charge in [0, 0.05) is 28.6 Å². The summed E-state index contributed by atoms with van der Waals surface area (Å²) < 4.78 is 5.48. The standard InChI is InChI=1S/C37H64O5S/c1-9-10-11-12-13-14-15-16-17-18-19-20-21-22-23-24-31(38)42-25-26-43-28(2)32-29(35(40)41)27-30(36(3,4)5)34(39)33(32)37(6,7)8/h27-28,39H,9-26H2,1-8H3,(H,40,41). The van der Waals surface area contributed by atoms with Crippen molar-refractivity contribution in [3.63, 3.8) is 0 Å². The van der Waals surface area contributed by atoms with Gasteiger partial charge < -0.3 is 14.9 Å². The molecule has 0 aliphatic heterocycles. The first-order chi connectivity index (χ1) is 20.2. The number of unbranched alkanes of at least 4 members (excludes halogenated alkanes) is 14. The van der Waals surface area contributed by atoms with Crippen LogP contribution in [0.25, 0.3) is 0 Å². The Morgan fingerprint density at radius 1 is 0.791 bits per heavy atom. The molecule has 0 aromatic heterocycles. The van der Waals surface area contributed by atoms with E-state index in [4.69, 9.17) is 4.74 Å². The summed E-state index contributed by atoms with van der Waals surface area (Å²) in [6, 6.07) is 1.64. The van der Waals surface area contributed by atoms with Crippen LogP contribution >= 0.6 is 11.8 Å². The lowest BCUT2D eigenvalue weighted by Gasteiger charge is -2.32. The SMILES string of the molecule is CCCCCCCCCCCCCCCCCC(=O)OCCSC(C)c1c(C(=O)O)cc(C(C)(C)C)c(O)c1C(C)(C)C. The predicted octanol–water partition coefficient (Wildman–Crippen LogP) is 11.3. The molecule has 0 aliphatic carbocycles. The summed E-state index contributed by atoms with van der Waals surface area (Å²) >= 11 is 1.55. The molecule has 43 heavy (non-hydrogen) atoms. The van der Waals surface area contributed by atoms with E-state index in [1.165, 1.54) is 83.5 Å². The Balaban J connectivity index is 2.37. The third kappa shape index (κ3) is 15.2. The molecule has 0 spiro atoms. The third-order valence-corrected chi connectivity index (χ3v) is 9.37. The predicted molar refractivity (Wildman–Crippen MR) is 184 cm³/mol. The van der Waals surface area contributed by atoms with Crippen molar-refractivity contribution in [1.82, 2.24) is 0 Å². The Bertz CT molecular complexity index is 957. The molecule has 6 heteroatoms. The van der Waals surface area contributed by atoms with Gasteiger partial charge in [-0.15, -0.1) is 0 Å². The van der Waals surface area contributed by atoms with Crippen LogP contribution in [-0.2, 0) is 20.4 Å². The molecule has 1 unspecified atom stereocenters. The number of hydrogen-bond donors (Lipinski definition) is 2. The number of aromatic carboxylic acids is 1. The number of aromatic hydroxyl groups is 1. The fraction of sp³-hybridized carbons (Fsp3) is 0.784. The average Bonchev–Trinajstić information content (AvgIpc) is 2.91. The van der Waals surface area contributed by atoms with Gasteiger partial charge in [-0.2, -0.15) is 11.8 Å². The molecular formula is C37H64O5S. The van der Waals surface area contributed by atoms with Crippen LogP contribution in [0.1, 0.15) is 190 Å². The van der Waals surface area contributed by atoms with Crippen molar-refractivity contribution in [2.45, 2.75) is 174 Å². The van der Waals surface area contributed by atoms with E-state index in [9.17, 15) is 19.8 Å². The molecule has 0 saturated carbocycles. The van der Waals surface area contributed by atoms with Crippen molar-refractivity contribution in [2.24, 2.45) is 0 Å². The highest BCUT2D eigenvalue weighted by molar-refractivity contribution is 7.99. The van der Waals surface area contributed by atoms with Crippen molar-refractivity contribution in [2.75, 3.05) is 12.4 Å². The van der Waals surface area contributed by atoms with E-state index in [1.54, 1.807) is 17.8 Å². The number of benzene rings is 1. The second-order valence-corrected chi connectivity index (χ2v) is 15.8. The van der Waals surface area contributed by atoms with Crippen LogP contribution in [0.5, 0.6) is 5.75 Å². The topological polar surface area (TPSA) is 83.8 Å². The maximum atomic E-state index is 12.3. The first-order valence-electron chi connectivity index (χ1n) is 17.1. The minimum absolute atomic E-state index is 0.156. The molecule has 1 aromatic carbocycles. The number of rotatable bonds is 22. The minimum atomic E-state index is -0.992. The van der Waals surface area contributed by atoms with Gasteiger partial charge in [0.15, 0.2) is 0 Å². The van der Waals surface area contributed by atoms with Crippen LogP contribution in [0.3, 0.4) is 0 Å². The molecule has 1 rings (SSSR count). The van der Waals surface area contributed by atoms with E-state index in [0.29, 0.717) is 35.5 Å². The number of carbonyl (C=O) groups is 2. The van der Waals surface area contributed by atoms with E-state index in [2.05, 4.69) is 6.92 Å². The summed E-state index contributed by atoms with van der Waals surface area (Å²) in [5.74, 6) is -0.400. The van der Waals surface area contributed by atoms with E-state index in [0.717, 1.165) is 12.8 Å².